The van der Waals surface area contributed by atoms with Crippen LogP contribution in [0.15, 0.2) is 51.6 Å². The van der Waals surface area contributed by atoms with Crippen LogP contribution < -0.4 is 10.2 Å². The normalized spacial score (nSPS) is 24.7. The minimum atomic E-state index is -0.183. The molecule has 3 aliphatic rings. The van der Waals surface area contributed by atoms with E-state index in [1.807, 2.05) is 24.4 Å². The Morgan fingerprint density at radius 1 is 1.29 bits per heavy atom. The SMILES string of the molecule is CNC(=O)c1ccc(N2CCN([C@@H](C)C3=CC4=NC(=O)C(C)=CC4N=C3)C[C@H]2C)cn1. The molecule has 1 unspecified atom stereocenters. The van der Waals surface area contributed by atoms with Crippen molar-refractivity contribution < 1.29 is 9.59 Å². The standard InChI is InChI=1S/C23H28N6O2/c1-14-9-20-21(27-22(14)30)10-17(11-25-20)16(3)28-7-8-29(15(2)13-28)18-5-6-19(26-12-18)23(31)24-4/h5-6,9-12,15-16,20H,7-8,13H2,1-4H3,(H,24,31)/t15-,16+,20?/m1/s1. The number of nitrogens with one attached hydrogen (secondary N) is 1. The zero-order chi connectivity index (χ0) is 22.1. The van der Waals surface area contributed by atoms with Crippen molar-refractivity contribution in [2.75, 3.05) is 31.6 Å². The van der Waals surface area contributed by atoms with Gasteiger partial charge in [0.2, 0.25) is 0 Å². The number of fused-ring (bicyclic) bond motifs is 1. The predicted octanol–water partition coefficient (Wildman–Crippen LogP) is 1.65. The van der Waals surface area contributed by atoms with Crippen molar-refractivity contribution in [1.29, 1.82) is 0 Å². The molecule has 0 saturated carbocycles. The fourth-order valence-corrected chi connectivity index (χ4v) is 4.26. The van der Waals surface area contributed by atoms with Crippen LogP contribution in [0, 0.1) is 0 Å². The van der Waals surface area contributed by atoms with Gasteiger partial charge in [0.15, 0.2) is 0 Å². The van der Waals surface area contributed by atoms with Crippen LogP contribution in [0.4, 0.5) is 5.69 Å². The fraction of sp³-hybridized carbons (Fsp3) is 0.435. The molecule has 2 amide bonds. The van der Waals surface area contributed by atoms with Gasteiger partial charge in [0, 0.05) is 50.6 Å². The van der Waals surface area contributed by atoms with E-state index in [0.717, 1.165) is 36.6 Å². The number of dihydropyridines is 2. The average molecular weight is 421 g/mol. The first-order valence-corrected chi connectivity index (χ1v) is 10.6. The third-order valence-electron chi connectivity index (χ3n) is 6.21. The second-order valence-electron chi connectivity index (χ2n) is 8.25. The highest BCUT2D eigenvalue weighted by molar-refractivity contribution is 6.16. The van der Waals surface area contributed by atoms with Gasteiger partial charge in [-0.1, -0.05) is 0 Å². The first-order valence-electron chi connectivity index (χ1n) is 10.6. The van der Waals surface area contributed by atoms with Crippen molar-refractivity contribution in [3.8, 4) is 0 Å². The first kappa shape index (κ1) is 21.1. The quantitative estimate of drug-likeness (QED) is 0.800. The third kappa shape index (κ3) is 4.20. The molecule has 0 aromatic carbocycles. The van der Waals surface area contributed by atoms with Crippen molar-refractivity contribution in [2.45, 2.75) is 38.9 Å². The second-order valence-corrected chi connectivity index (χ2v) is 8.25. The summed E-state index contributed by atoms with van der Waals surface area (Å²) in [7, 11) is 1.60. The fourth-order valence-electron chi connectivity index (χ4n) is 4.26. The molecular weight excluding hydrogens is 392 g/mol. The number of carbonyl (C=O) groups is 2. The molecule has 1 aromatic rings. The number of hydrogen-bond acceptors (Lipinski definition) is 6. The molecule has 1 N–H and O–H groups in total. The highest BCUT2D eigenvalue weighted by atomic mass is 16.2. The van der Waals surface area contributed by atoms with E-state index in [4.69, 9.17) is 0 Å². The Hall–Kier alpha value is -3.13. The van der Waals surface area contributed by atoms with Gasteiger partial charge in [0.05, 0.1) is 17.6 Å². The highest BCUT2D eigenvalue weighted by Gasteiger charge is 2.30. The van der Waals surface area contributed by atoms with Gasteiger partial charge in [0.1, 0.15) is 11.7 Å². The molecule has 162 valence electrons. The van der Waals surface area contributed by atoms with Crippen LogP contribution in [0.25, 0.3) is 0 Å². The van der Waals surface area contributed by atoms with Gasteiger partial charge in [-0.2, -0.15) is 0 Å². The summed E-state index contributed by atoms with van der Waals surface area (Å²) in [5.41, 5.74) is 3.90. The Bertz CT molecular complexity index is 1010. The summed E-state index contributed by atoms with van der Waals surface area (Å²) >= 11 is 0. The summed E-state index contributed by atoms with van der Waals surface area (Å²) in [6.07, 6.45) is 7.59. The number of piperazine rings is 1. The summed E-state index contributed by atoms with van der Waals surface area (Å²) < 4.78 is 0. The second kappa shape index (κ2) is 8.55. The number of aromatic nitrogens is 1. The number of pyridine rings is 1. The highest BCUT2D eigenvalue weighted by Crippen LogP contribution is 2.24. The van der Waals surface area contributed by atoms with Crippen LogP contribution in [0.2, 0.25) is 0 Å². The molecule has 4 rings (SSSR count). The van der Waals surface area contributed by atoms with Crippen LogP contribution in [0.5, 0.6) is 0 Å². The number of hydrogen-bond donors (Lipinski definition) is 1. The maximum atomic E-state index is 11.9. The van der Waals surface area contributed by atoms with Crippen LogP contribution in [0.1, 0.15) is 31.3 Å². The number of nitrogens with zero attached hydrogens (tertiary/aromatic N) is 5. The zero-order valence-corrected chi connectivity index (χ0v) is 18.4. The van der Waals surface area contributed by atoms with E-state index in [0.29, 0.717) is 11.3 Å². The molecule has 0 radical (unpaired) electrons. The van der Waals surface area contributed by atoms with E-state index in [2.05, 4.69) is 43.9 Å². The predicted molar refractivity (Wildman–Crippen MR) is 122 cm³/mol. The van der Waals surface area contributed by atoms with Gasteiger partial charge in [0.25, 0.3) is 11.8 Å². The van der Waals surface area contributed by atoms with Gasteiger partial charge in [-0.25, -0.2) is 9.98 Å². The molecule has 8 nitrogen and oxygen atoms in total. The van der Waals surface area contributed by atoms with Crippen molar-refractivity contribution in [3.63, 3.8) is 0 Å². The van der Waals surface area contributed by atoms with Crippen LogP contribution in [0.3, 0.4) is 0 Å². The zero-order valence-electron chi connectivity index (χ0n) is 18.4. The minimum absolute atomic E-state index is 0.144. The molecule has 0 spiro atoms. The van der Waals surface area contributed by atoms with E-state index in [9.17, 15) is 9.59 Å². The van der Waals surface area contributed by atoms with Gasteiger partial charge < -0.3 is 10.2 Å². The number of aliphatic imine (C=N–C) groups is 2. The van der Waals surface area contributed by atoms with E-state index >= 15 is 0 Å². The summed E-state index contributed by atoms with van der Waals surface area (Å²) in [6.45, 7) is 8.79. The van der Waals surface area contributed by atoms with E-state index in [1.165, 1.54) is 0 Å². The summed E-state index contributed by atoms with van der Waals surface area (Å²) in [5, 5.41) is 2.59. The van der Waals surface area contributed by atoms with Crippen LogP contribution in [-0.2, 0) is 4.79 Å². The Labute approximate surface area is 182 Å². The molecule has 31 heavy (non-hydrogen) atoms. The van der Waals surface area contributed by atoms with E-state index in [1.54, 1.807) is 26.2 Å². The molecule has 0 bridgehead atoms. The van der Waals surface area contributed by atoms with Crippen molar-refractivity contribution in [2.24, 2.45) is 9.98 Å². The summed E-state index contributed by atoms with van der Waals surface area (Å²) in [5.74, 6) is -0.359. The smallest absolute Gasteiger partial charge is 0.272 e. The third-order valence-corrected chi connectivity index (χ3v) is 6.21. The molecule has 3 aliphatic heterocycles. The number of rotatable bonds is 4. The Morgan fingerprint density at radius 2 is 2.10 bits per heavy atom. The molecule has 1 fully saturated rings. The van der Waals surface area contributed by atoms with Crippen LogP contribution in [-0.4, -0.2) is 78.4 Å². The first-order chi connectivity index (χ1) is 14.9. The molecular formula is C23H28N6O2. The number of anilines is 1. The number of amides is 2. The summed E-state index contributed by atoms with van der Waals surface area (Å²) in [4.78, 5) is 41.5. The van der Waals surface area contributed by atoms with Gasteiger partial charge in [-0.15, -0.1) is 0 Å². The van der Waals surface area contributed by atoms with Gasteiger partial charge >= 0.3 is 0 Å². The Balaban J connectivity index is 1.42. The number of carbonyl (C=O) groups excluding carboxylic acids is 2. The van der Waals surface area contributed by atoms with Gasteiger partial charge in [-0.3, -0.25) is 19.5 Å². The molecule has 3 atom stereocenters. The molecule has 8 heteroatoms. The monoisotopic (exact) mass is 420 g/mol. The Kier molecular flexibility index (Phi) is 5.82. The molecule has 1 aromatic heterocycles. The Morgan fingerprint density at radius 3 is 2.77 bits per heavy atom. The van der Waals surface area contributed by atoms with E-state index < -0.39 is 0 Å². The lowest BCUT2D eigenvalue weighted by Crippen LogP contribution is -2.55. The maximum Gasteiger partial charge on any atom is 0.272 e. The summed E-state index contributed by atoms with van der Waals surface area (Å²) in [6, 6.07) is 4.04. The van der Waals surface area contributed by atoms with E-state index in [-0.39, 0.29) is 29.9 Å². The van der Waals surface area contributed by atoms with Crippen molar-refractivity contribution in [3.05, 3.63) is 47.3 Å². The molecule has 1 saturated heterocycles. The lowest BCUT2D eigenvalue weighted by atomic mass is 9.96. The van der Waals surface area contributed by atoms with Gasteiger partial charge in [-0.05, 0) is 50.6 Å². The minimum Gasteiger partial charge on any atom is -0.365 e. The largest absolute Gasteiger partial charge is 0.365 e. The molecule has 4 heterocycles. The topological polar surface area (TPSA) is 90.3 Å². The van der Waals surface area contributed by atoms with Crippen molar-refractivity contribution in [1.82, 2.24) is 15.2 Å². The molecule has 0 aliphatic carbocycles. The van der Waals surface area contributed by atoms with Crippen molar-refractivity contribution >= 4 is 29.4 Å². The lowest BCUT2D eigenvalue weighted by molar-refractivity contribution is -0.114. The maximum absolute atomic E-state index is 11.9. The lowest BCUT2D eigenvalue weighted by Gasteiger charge is -2.44. The van der Waals surface area contributed by atoms with Crippen LogP contribution >= 0.6 is 0 Å². The average Bonchev–Trinajstić information content (AvgIpc) is 2.78.